The second-order valence-electron chi connectivity index (χ2n) is 4.03. The fraction of sp³-hybridized carbons (Fsp3) is 0.364. The van der Waals surface area contributed by atoms with Crippen molar-refractivity contribution in [1.82, 2.24) is 9.88 Å². The van der Waals surface area contributed by atoms with Gasteiger partial charge in [-0.05, 0) is 15.9 Å². The molecule has 10 heteroatoms. The lowest BCUT2D eigenvalue weighted by Crippen LogP contribution is -2.45. The van der Waals surface area contributed by atoms with Crippen molar-refractivity contribution in [3.63, 3.8) is 0 Å². The van der Waals surface area contributed by atoms with Crippen molar-refractivity contribution in [1.29, 1.82) is 0 Å². The molecular weight excluding hydrogens is 350 g/mol. The quantitative estimate of drug-likeness (QED) is 0.454. The highest BCUT2D eigenvalue weighted by Gasteiger charge is 2.24. The van der Waals surface area contributed by atoms with Crippen LogP contribution in [0.2, 0.25) is 0 Å². The van der Waals surface area contributed by atoms with Crippen molar-refractivity contribution >= 4 is 33.5 Å². The Morgan fingerprint density at radius 3 is 2.67 bits per heavy atom. The van der Waals surface area contributed by atoms with Gasteiger partial charge in [0.2, 0.25) is 5.91 Å². The number of amides is 1. The summed E-state index contributed by atoms with van der Waals surface area (Å²) >= 11 is 3.04. The van der Waals surface area contributed by atoms with Gasteiger partial charge < -0.3 is 14.6 Å². The third-order valence-electron chi connectivity index (χ3n) is 2.47. The summed E-state index contributed by atoms with van der Waals surface area (Å²) in [5.74, 6) is -1.26. The Kier molecular flexibility index (Phi) is 5.59. The number of rotatable bonds is 5. The van der Waals surface area contributed by atoms with Gasteiger partial charge in [-0.3, -0.25) is 19.7 Å². The second kappa shape index (κ2) is 6.97. The average Bonchev–Trinajstić information content (AvgIpc) is 2.39. The molecule has 1 N–H and O–H groups in total. The molecule has 114 valence electrons. The maximum Gasteiger partial charge on any atom is 0.335 e. The largest absolute Gasteiger partial charge is 0.467 e. The molecule has 0 saturated carbocycles. The highest BCUT2D eigenvalue weighted by molar-refractivity contribution is 9.10. The van der Waals surface area contributed by atoms with Crippen molar-refractivity contribution in [2.75, 3.05) is 7.11 Å². The van der Waals surface area contributed by atoms with Gasteiger partial charge in [-0.2, -0.15) is 0 Å². The summed E-state index contributed by atoms with van der Waals surface area (Å²) in [5.41, 5.74) is -1.53. The zero-order valence-corrected chi connectivity index (χ0v) is 12.7. The van der Waals surface area contributed by atoms with E-state index in [-0.39, 0.29) is 6.54 Å². The monoisotopic (exact) mass is 361 g/mol. The van der Waals surface area contributed by atoms with E-state index < -0.39 is 34.1 Å². The summed E-state index contributed by atoms with van der Waals surface area (Å²) in [5, 5.41) is 13.1. The molecule has 1 atom stereocenters. The van der Waals surface area contributed by atoms with Crippen LogP contribution in [0.1, 0.15) is 6.92 Å². The summed E-state index contributed by atoms with van der Waals surface area (Å²) in [6.07, 6.45) is 1.28. The van der Waals surface area contributed by atoms with E-state index >= 15 is 0 Å². The first kappa shape index (κ1) is 16.8. The summed E-state index contributed by atoms with van der Waals surface area (Å²) in [6, 6.07) is -0.0659. The summed E-state index contributed by atoms with van der Waals surface area (Å²) in [4.78, 5) is 44.5. The normalized spacial score (nSPS) is 11.6. The number of aromatic nitrogens is 1. The van der Waals surface area contributed by atoms with Gasteiger partial charge in [-0.15, -0.1) is 0 Å². The minimum atomic E-state index is -1.13. The Morgan fingerprint density at radius 1 is 1.57 bits per heavy atom. The molecule has 0 spiro atoms. The molecule has 0 aromatic carbocycles. The molecule has 1 aromatic heterocycles. The molecule has 1 heterocycles. The van der Waals surface area contributed by atoms with Crippen LogP contribution in [-0.2, 0) is 20.9 Å². The minimum Gasteiger partial charge on any atom is -0.467 e. The van der Waals surface area contributed by atoms with E-state index in [1.165, 1.54) is 13.1 Å². The summed E-state index contributed by atoms with van der Waals surface area (Å²) < 4.78 is 5.77. The number of ether oxygens (including phenoxy) is 1. The number of hydrogen-bond acceptors (Lipinski definition) is 6. The van der Waals surface area contributed by atoms with Crippen LogP contribution in [0.3, 0.4) is 0 Å². The van der Waals surface area contributed by atoms with Crippen LogP contribution in [0.25, 0.3) is 0 Å². The number of hydrogen-bond donors (Lipinski definition) is 1. The number of halogens is 1. The van der Waals surface area contributed by atoms with Gasteiger partial charge in [0.05, 0.1) is 18.6 Å². The van der Waals surface area contributed by atoms with Crippen molar-refractivity contribution in [3.8, 4) is 0 Å². The number of methoxy groups -OCH3 is 1. The van der Waals surface area contributed by atoms with E-state index in [0.29, 0.717) is 4.47 Å². The molecule has 1 amide bonds. The first-order valence-corrected chi connectivity index (χ1v) is 6.45. The highest BCUT2D eigenvalue weighted by atomic mass is 79.9. The van der Waals surface area contributed by atoms with Crippen molar-refractivity contribution in [2.45, 2.75) is 19.5 Å². The van der Waals surface area contributed by atoms with Crippen LogP contribution in [0, 0.1) is 10.1 Å². The van der Waals surface area contributed by atoms with Gasteiger partial charge in [-0.1, -0.05) is 0 Å². The van der Waals surface area contributed by atoms with Crippen molar-refractivity contribution in [2.24, 2.45) is 0 Å². The smallest absolute Gasteiger partial charge is 0.335 e. The lowest BCUT2D eigenvalue weighted by molar-refractivity contribution is -0.386. The molecule has 1 rings (SSSR count). The van der Waals surface area contributed by atoms with E-state index in [9.17, 15) is 24.5 Å². The first-order valence-electron chi connectivity index (χ1n) is 5.65. The molecule has 0 aliphatic carbocycles. The maximum atomic E-state index is 11.9. The summed E-state index contributed by atoms with van der Waals surface area (Å²) in [6.45, 7) is 0.910. The van der Waals surface area contributed by atoms with E-state index in [1.54, 1.807) is 0 Å². The van der Waals surface area contributed by atoms with Gasteiger partial charge in [0, 0.05) is 23.7 Å². The van der Waals surface area contributed by atoms with Crippen LogP contribution in [0.4, 0.5) is 5.69 Å². The van der Waals surface area contributed by atoms with Crippen LogP contribution >= 0.6 is 15.9 Å². The Balaban J connectivity index is 3.20. The molecule has 0 saturated heterocycles. The number of carbonyl (C=O) groups excluding carboxylic acids is 2. The van der Waals surface area contributed by atoms with E-state index in [2.05, 4.69) is 26.0 Å². The van der Waals surface area contributed by atoms with Crippen LogP contribution < -0.4 is 10.9 Å². The lowest BCUT2D eigenvalue weighted by Gasteiger charge is -2.16. The van der Waals surface area contributed by atoms with E-state index in [0.717, 1.165) is 17.7 Å². The molecule has 0 aliphatic rings. The Morgan fingerprint density at radius 2 is 2.19 bits per heavy atom. The standard InChI is InChI=1S/C11H12BrN3O6/c1-6(16)13-8(11(18)21-2)5-14-4-7(12)3-9(10(14)17)15(19)20/h3-4,8H,5H2,1-2H3,(H,13,16). The van der Waals surface area contributed by atoms with Gasteiger partial charge in [0.25, 0.3) is 0 Å². The number of nitrogens with one attached hydrogen (secondary N) is 1. The van der Waals surface area contributed by atoms with Gasteiger partial charge >= 0.3 is 17.2 Å². The van der Waals surface area contributed by atoms with Crippen LogP contribution in [0.15, 0.2) is 21.5 Å². The molecule has 21 heavy (non-hydrogen) atoms. The maximum absolute atomic E-state index is 11.9. The molecular formula is C11H12BrN3O6. The Labute approximate surface area is 127 Å². The third-order valence-corrected chi connectivity index (χ3v) is 2.91. The second-order valence-corrected chi connectivity index (χ2v) is 4.95. The Bertz CT molecular complexity index is 641. The third kappa shape index (κ3) is 4.38. The Hall–Kier alpha value is -2.23. The molecule has 0 radical (unpaired) electrons. The van der Waals surface area contributed by atoms with Gasteiger partial charge in [0.1, 0.15) is 6.04 Å². The first-order chi connectivity index (χ1) is 9.76. The molecule has 0 bridgehead atoms. The predicted molar refractivity (Wildman–Crippen MR) is 74.7 cm³/mol. The van der Waals surface area contributed by atoms with Crippen molar-refractivity contribution < 1.29 is 19.2 Å². The van der Waals surface area contributed by atoms with Gasteiger partial charge in [0.15, 0.2) is 0 Å². The number of carbonyl (C=O) groups is 2. The van der Waals surface area contributed by atoms with Crippen molar-refractivity contribution in [3.05, 3.63) is 37.2 Å². The highest BCUT2D eigenvalue weighted by Crippen LogP contribution is 2.14. The zero-order chi connectivity index (χ0) is 16.2. The van der Waals surface area contributed by atoms with Crippen LogP contribution in [-0.4, -0.2) is 34.5 Å². The average molecular weight is 362 g/mol. The number of nitro groups is 1. The van der Waals surface area contributed by atoms with Gasteiger partial charge in [-0.25, -0.2) is 4.79 Å². The number of pyridine rings is 1. The minimum absolute atomic E-state index is 0.286. The molecule has 0 aliphatic heterocycles. The SMILES string of the molecule is COC(=O)C(Cn1cc(Br)cc([N+](=O)[O-])c1=O)NC(C)=O. The van der Waals surface area contributed by atoms with E-state index in [4.69, 9.17) is 0 Å². The number of nitrogens with zero attached hydrogens (tertiary/aromatic N) is 2. The molecule has 9 nitrogen and oxygen atoms in total. The fourth-order valence-corrected chi connectivity index (χ4v) is 2.08. The number of esters is 1. The topological polar surface area (TPSA) is 121 Å². The predicted octanol–water partition coefficient (Wildman–Crippen LogP) is 0.197. The molecule has 1 unspecified atom stereocenters. The summed E-state index contributed by atoms with van der Waals surface area (Å²) in [7, 11) is 1.13. The van der Waals surface area contributed by atoms with Crippen LogP contribution in [0.5, 0.6) is 0 Å². The molecule has 0 fully saturated rings. The lowest BCUT2D eigenvalue weighted by atomic mass is 10.2. The zero-order valence-electron chi connectivity index (χ0n) is 11.2. The molecule has 1 aromatic rings. The fourth-order valence-electron chi connectivity index (χ4n) is 1.61. The van der Waals surface area contributed by atoms with E-state index in [1.807, 2.05) is 0 Å².